The van der Waals surface area contributed by atoms with Gasteiger partial charge in [0, 0.05) is 23.4 Å². The molecule has 16 heavy (non-hydrogen) atoms. The minimum Gasteiger partial charge on any atom is -0.342 e. The van der Waals surface area contributed by atoms with Crippen molar-refractivity contribution >= 4 is 0 Å². The van der Waals surface area contributed by atoms with E-state index in [0.717, 1.165) is 11.4 Å². The van der Waals surface area contributed by atoms with E-state index < -0.39 is 0 Å². The molecule has 3 heteroatoms. The highest BCUT2D eigenvalue weighted by Crippen LogP contribution is 2.39. The normalized spacial score (nSPS) is 15.4. The molecule has 1 heterocycles. The topological polar surface area (TPSA) is 28.7 Å². The fourth-order valence-corrected chi connectivity index (χ4v) is 1.82. The molecule has 3 rings (SSSR count). The molecule has 2 aromatic rings. The van der Waals surface area contributed by atoms with Crippen LogP contribution in [-0.4, -0.2) is 9.97 Å². The molecule has 2 nitrogen and oxygen atoms in total. The van der Waals surface area contributed by atoms with Gasteiger partial charge in [-0.3, -0.25) is 0 Å². The third kappa shape index (κ3) is 1.62. The highest BCUT2D eigenvalue weighted by Gasteiger charge is 2.25. The molecule has 1 N–H and O–H groups in total. The standard InChI is InChI=1S/C13H13FN2/c1-8-2-3-10(6-11(8)14)13-15-7-12(16-13)9-4-5-9/h2-3,6-7,9H,4-5H2,1H3,(H,15,16). The van der Waals surface area contributed by atoms with Crippen LogP contribution >= 0.6 is 0 Å². The first-order valence-electron chi connectivity index (χ1n) is 5.55. The van der Waals surface area contributed by atoms with Gasteiger partial charge in [-0.25, -0.2) is 9.37 Å². The average Bonchev–Trinajstić information content (AvgIpc) is 3.01. The lowest BCUT2D eigenvalue weighted by molar-refractivity contribution is 0.619. The summed E-state index contributed by atoms with van der Waals surface area (Å²) in [5.41, 5.74) is 2.66. The van der Waals surface area contributed by atoms with Gasteiger partial charge >= 0.3 is 0 Å². The lowest BCUT2D eigenvalue weighted by Crippen LogP contribution is -1.86. The van der Waals surface area contributed by atoms with Crippen LogP contribution in [0.4, 0.5) is 4.39 Å². The number of aromatic amines is 1. The van der Waals surface area contributed by atoms with Gasteiger partial charge in [-0.15, -0.1) is 0 Å². The van der Waals surface area contributed by atoms with Crippen molar-refractivity contribution < 1.29 is 4.39 Å². The molecule has 1 aliphatic carbocycles. The summed E-state index contributed by atoms with van der Waals surface area (Å²) in [5.74, 6) is 1.24. The maximum Gasteiger partial charge on any atom is 0.137 e. The highest BCUT2D eigenvalue weighted by molar-refractivity contribution is 5.56. The van der Waals surface area contributed by atoms with E-state index in [2.05, 4.69) is 9.97 Å². The van der Waals surface area contributed by atoms with Crippen LogP contribution in [0.3, 0.4) is 0 Å². The van der Waals surface area contributed by atoms with Gasteiger partial charge in [0.2, 0.25) is 0 Å². The molecule has 1 fully saturated rings. The van der Waals surface area contributed by atoms with Crippen LogP contribution < -0.4 is 0 Å². The Bertz CT molecular complexity index is 526. The van der Waals surface area contributed by atoms with Crippen molar-refractivity contribution in [3.63, 3.8) is 0 Å². The Morgan fingerprint density at radius 2 is 2.19 bits per heavy atom. The Morgan fingerprint density at radius 1 is 1.38 bits per heavy atom. The molecular weight excluding hydrogens is 203 g/mol. The van der Waals surface area contributed by atoms with Crippen molar-refractivity contribution in [3.8, 4) is 11.4 Å². The van der Waals surface area contributed by atoms with Crippen LogP contribution in [-0.2, 0) is 0 Å². The molecular formula is C13H13FN2. The van der Waals surface area contributed by atoms with Gasteiger partial charge in [-0.1, -0.05) is 12.1 Å². The number of rotatable bonds is 2. The van der Waals surface area contributed by atoms with Crippen molar-refractivity contribution in [2.45, 2.75) is 25.7 Å². The number of hydrogen-bond acceptors (Lipinski definition) is 1. The first-order chi connectivity index (χ1) is 7.74. The third-order valence-electron chi connectivity index (χ3n) is 3.06. The SMILES string of the molecule is Cc1ccc(-c2ncc(C3CC3)[nH]2)cc1F. The van der Waals surface area contributed by atoms with E-state index in [1.54, 1.807) is 13.0 Å². The van der Waals surface area contributed by atoms with Gasteiger partial charge in [0.1, 0.15) is 11.6 Å². The first kappa shape index (κ1) is 9.58. The predicted molar refractivity (Wildman–Crippen MR) is 60.7 cm³/mol. The molecule has 0 spiro atoms. The predicted octanol–water partition coefficient (Wildman–Crippen LogP) is 3.40. The number of imidazole rings is 1. The largest absolute Gasteiger partial charge is 0.342 e. The number of aromatic nitrogens is 2. The van der Waals surface area contributed by atoms with E-state index >= 15 is 0 Å². The van der Waals surface area contributed by atoms with Crippen molar-refractivity contribution in [2.75, 3.05) is 0 Å². The smallest absolute Gasteiger partial charge is 0.137 e. The van der Waals surface area contributed by atoms with Crippen LogP contribution in [0.2, 0.25) is 0 Å². The zero-order valence-electron chi connectivity index (χ0n) is 9.13. The number of benzene rings is 1. The molecule has 1 aliphatic rings. The van der Waals surface area contributed by atoms with E-state index in [4.69, 9.17) is 0 Å². The summed E-state index contributed by atoms with van der Waals surface area (Å²) in [6, 6.07) is 5.21. The second-order valence-corrected chi connectivity index (χ2v) is 4.43. The molecule has 0 amide bonds. The molecule has 82 valence electrons. The number of hydrogen-bond donors (Lipinski definition) is 1. The summed E-state index contributed by atoms with van der Waals surface area (Å²) < 4.78 is 13.4. The van der Waals surface area contributed by atoms with Crippen LogP contribution in [0.1, 0.15) is 30.0 Å². The van der Waals surface area contributed by atoms with Crippen LogP contribution in [0.5, 0.6) is 0 Å². The molecule has 0 unspecified atom stereocenters. The Balaban J connectivity index is 1.97. The second-order valence-electron chi connectivity index (χ2n) is 4.43. The molecule has 0 radical (unpaired) electrons. The number of halogens is 1. The molecule has 1 aromatic heterocycles. The molecule has 0 aliphatic heterocycles. The van der Waals surface area contributed by atoms with Crippen molar-refractivity contribution in [2.24, 2.45) is 0 Å². The van der Waals surface area contributed by atoms with Crippen LogP contribution in [0, 0.1) is 12.7 Å². The maximum absolute atomic E-state index is 13.4. The zero-order valence-corrected chi connectivity index (χ0v) is 9.13. The van der Waals surface area contributed by atoms with E-state index in [-0.39, 0.29) is 5.82 Å². The Hall–Kier alpha value is -1.64. The lowest BCUT2D eigenvalue weighted by Gasteiger charge is -1.99. The number of nitrogens with zero attached hydrogens (tertiary/aromatic N) is 1. The molecule has 1 aromatic carbocycles. The van der Waals surface area contributed by atoms with Gasteiger partial charge in [-0.05, 0) is 31.4 Å². The summed E-state index contributed by atoms with van der Waals surface area (Å²) in [7, 11) is 0. The second kappa shape index (κ2) is 3.44. The van der Waals surface area contributed by atoms with Crippen molar-refractivity contribution in [1.29, 1.82) is 0 Å². The van der Waals surface area contributed by atoms with Gasteiger partial charge in [0.25, 0.3) is 0 Å². The van der Waals surface area contributed by atoms with Gasteiger partial charge in [-0.2, -0.15) is 0 Å². The highest BCUT2D eigenvalue weighted by atomic mass is 19.1. The molecule has 0 bridgehead atoms. The Labute approximate surface area is 93.5 Å². The number of nitrogens with one attached hydrogen (secondary N) is 1. The average molecular weight is 216 g/mol. The molecule has 1 saturated carbocycles. The lowest BCUT2D eigenvalue weighted by atomic mass is 10.1. The summed E-state index contributed by atoms with van der Waals surface area (Å²) in [4.78, 5) is 7.56. The third-order valence-corrected chi connectivity index (χ3v) is 3.06. The van der Waals surface area contributed by atoms with Crippen LogP contribution in [0.25, 0.3) is 11.4 Å². The number of aryl methyl sites for hydroxylation is 1. The fraction of sp³-hybridized carbons (Fsp3) is 0.308. The molecule has 0 atom stereocenters. The molecule has 0 saturated heterocycles. The quantitative estimate of drug-likeness (QED) is 0.818. The summed E-state index contributed by atoms with van der Waals surface area (Å²) in [5, 5.41) is 0. The Morgan fingerprint density at radius 3 is 2.88 bits per heavy atom. The fourth-order valence-electron chi connectivity index (χ4n) is 1.82. The Kier molecular flexibility index (Phi) is 2.06. The van der Waals surface area contributed by atoms with Crippen LogP contribution in [0.15, 0.2) is 24.4 Å². The summed E-state index contributed by atoms with van der Waals surface area (Å²) >= 11 is 0. The van der Waals surface area contributed by atoms with E-state index in [0.29, 0.717) is 11.5 Å². The maximum atomic E-state index is 13.4. The van der Waals surface area contributed by atoms with E-state index in [9.17, 15) is 4.39 Å². The first-order valence-corrected chi connectivity index (χ1v) is 5.55. The minimum absolute atomic E-state index is 0.179. The van der Waals surface area contributed by atoms with Gasteiger partial charge < -0.3 is 4.98 Å². The van der Waals surface area contributed by atoms with Gasteiger partial charge in [0.15, 0.2) is 0 Å². The summed E-state index contributed by atoms with van der Waals surface area (Å²) in [6.45, 7) is 1.76. The zero-order chi connectivity index (χ0) is 11.1. The van der Waals surface area contributed by atoms with Gasteiger partial charge in [0.05, 0.1) is 0 Å². The minimum atomic E-state index is -0.179. The summed E-state index contributed by atoms with van der Waals surface area (Å²) in [6.07, 6.45) is 4.35. The monoisotopic (exact) mass is 216 g/mol. The van der Waals surface area contributed by atoms with E-state index in [1.807, 2.05) is 12.3 Å². The van der Waals surface area contributed by atoms with Crippen molar-refractivity contribution in [3.05, 3.63) is 41.5 Å². The van der Waals surface area contributed by atoms with Crippen molar-refractivity contribution in [1.82, 2.24) is 9.97 Å². The van der Waals surface area contributed by atoms with E-state index in [1.165, 1.54) is 24.6 Å². The number of H-pyrrole nitrogens is 1.